The van der Waals surface area contributed by atoms with Crippen molar-refractivity contribution in [2.45, 2.75) is 13.0 Å². The van der Waals surface area contributed by atoms with Gasteiger partial charge in [0.15, 0.2) is 12.1 Å². The van der Waals surface area contributed by atoms with E-state index in [9.17, 15) is 4.79 Å². The Bertz CT molecular complexity index is 460. The van der Waals surface area contributed by atoms with Crippen molar-refractivity contribution in [2.24, 2.45) is 4.99 Å². The Hall–Kier alpha value is -1.06. The molecule has 5 heteroatoms. The van der Waals surface area contributed by atoms with E-state index in [2.05, 4.69) is 4.99 Å². The number of halogens is 2. The van der Waals surface area contributed by atoms with E-state index in [1.54, 1.807) is 12.1 Å². The zero-order chi connectivity index (χ0) is 12.3. The van der Waals surface area contributed by atoms with Gasteiger partial charge in [-0.2, -0.15) is 0 Å². The Kier molecular flexibility index (Phi) is 4.02. The number of aldehydes is 1. The van der Waals surface area contributed by atoms with Crippen LogP contribution in [0.5, 0.6) is 0 Å². The van der Waals surface area contributed by atoms with Gasteiger partial charge in [0.25, 0.3) is 0 Å². The summed E-state index contributed by atoms with van der Waals surface area (Å²) in [6.07, 6.45) is 1.76. The third-order valence-corrected chi connectivity index (χ3v) is 3.25. The molecular weight excluding hydrogens is 259 g/mol. The van der Waals surface area contributed by atoms with E-state index >= 15 is 0 Å². The van der Waals surface area contributed by atoms with E-state index in [0.717, 1.165) is 31.4 Å². The molecule has 0 radical (unpaired) electrons. The number of benzene rings is 1. The number of rotatable bonds is 3. The molecule has 17 heavy (non-hydrogen) atoms. The van der Waals surface area contributed by atoms with Crippen LogP contribution in [0.1, 0.15) is 12.0 Å². The number of aliphatic imine (C=N–C) groups is 1. The lowest BCUT2D eigenvalue weighted by molar-refractivity contribution is -0.103. The predicted octanol–water partition coefficient (Wildman–Crippen LogP) is 2.80. The highest BCUT2D eigenvalue weighted by molar-refractivity contribution is 6.35. The van der Waals surface area contributed by atoms with Gasteiger partial charge in [-0.15, -0.1) is 0 Å². The summed E-state index contributed by atoms with van der Waals surface area (Å²) in [6.45, 7) is 2.14. The third kappa shape index (κ3) is 2.99. The molecule has 2 rings (SSSR count). The van der Waals surface area contributed by atoms with E-state index in [1.165, 1.54) is 0 Å². The standard InChI is InChI=1S/C12H12Cl2N2O/c13-10-3-2-9(11(14)6-10)7-16-5-1-4-15-12(16)8-17/h2-3,6,8H,1,4-5,7H2. The first-order valence-electron chi connectivity index (χ1n) is 5.39. The van der Waals surface area contributed by atoms with E-state index in [4.69, 9.17) is 23.2 Å². The van der Waals surface area contributed by atoms with Crippen molar-refractivity contribution in [1.82, 2.24) is 4.90 Å². The lowest BCUT2D eigenvalue weighted by Crippen LogP contribution is -2.36. The third-order valence-electron chi connectivity index (χ3n) is 2.67. The maximum absolute atomic E-state index is 10.9. The zero-order valence-electron chi connectivity index (χ0n) is 9.20. The van der Waals surface area contributed by atoms with E-state index in [-0.39, 0.29) is 0 Å². The van der Waals surface area contributed by atoms with Gasteiger partial charge in [0.05, 0.1) is 0 Å². The molecule has 0 bridgehead atoms. The first-order chi connectivity index (χ1) is 8.20. The van der Waals surface area contributed by atoms with Crippen molar-refractivity contribution in [3.05, 3.63) is 33.8 Å². The van der Waals surface area contributed by atoms with Crippen molar-refractivity contribution in [3.63, 3.8) is 0 Å². The van der Waals surface area contributed by atoms with Crippen LogP contribution < -0.4 is 0 Å². The Morgan fingerprint density at radius 2 is 2.24 bits per heavy atom. The zero-order valence-corrected chi connectivity index (χ0v) is 10.7. The number of carbonyl (C=O) groups is 1. The van der Waals surface area contributed by atoms with Gasteiger partial charge in [-0.05, 0) is 24.1 Å². The number of carbonyl (C=O) groups excluding carboxylic acids is 1. The van der Waals surface area contributed by atoms with Crippen LogP contribution in [0.25, 0.3) is 0 Å². The summed E-state index contributed by atoms with van der Waals surface area (Å²) >= 11 is 11.9. The van der Waals surface area contributed by atoms with Crippen LogP contribution in [0.4, 0.5) is 0 Å². The lowest BCUT2D eigenvalue weighted by Gasteiger charge is -2.26. The Labute approximate surface area is 110 Å². The van der Waals surface area contributed by atoms with Gasteiger partial charge in [-0.1, -0.05) is 29.3 Å². The fourth-order valence-corrected chi connectivity index (χ4v) is 2.27. The van der Waals surface area contributed by atoms with Crippen LogP contribution in [0.2, 0.25) is 10.0 Å². The molecule has 3 nitrogen and oxygen atoms in total. The molecule has 90 valence electrons. The van der Waals surface area contributed by atoms with Crippen LogP contribution in [-0.2, 0) is 11.3 Å². The van der Waals surface area contributed by atoms with Crippen LogP contribution in [0.3, 0.4) is 0 Å². The molecule has 0 spiro atoms. The Balaban J connectivity index is 2.17. The molecule has 1 aliphatic rings. The van der Waals surface area contributed by atoms with Crippen LogP contribution in [-0.4, -0.2) is 30.1 Å². The summed E-state index contributed by atoms with van der Waals surface area (Å²) in [4.78, 5) is 17.0. The number of amidine groups is 1. The van der Waals surface area contributed by atoms with Gasteiger partial charge < -0.3 is 4.90 Å². The minimum Gasteiger partial charge on any atom is -0.350 e. The summed E-state index contributed by atoms with van der Waals surface area (Å²) in [5.74, 6) is 0.502. The second-order valence-corrected chi connectivity index (χ2v) is 4.71. The van der Waals surface area contributed by atoms with E-state index in [0.29, 0.717) is 22.4 Å². The second kappa shape index (κ2) is 5.52. The van der Waals surface area contributed by atoms with Crippen molar-refractivity contribution < 1.29 is 4.79 Å². The maximum Gasteiger partial charge on any atom is 0.184 e. The van der Waals surface area contributed by atoms with Gasteiger partial charge >= 0.3 is 0 Å². The number of hydrogen-bond donors (Lipinski definition) is 0. The monoisotopic (exact) mass is 270 g/mol. The molecule has 1 aliphatic heterocycles. The summed E-state index contributed by atoms with van der Waals surface area (Å²) in [6, 6.07) is 5.38. The molecule has 1 aromatic rings. The largest absolute Gasteiger partial charge is 0.350 e. The van der Waals surface area contributed by atoms with Gasteiger partial charge in [-0.25, -0.2) is 0 Å². The highest BCUT2D eigenvalue weighted by Crippen LogP contribution is 2.22. The molecule has 0 amide bonds. The molecule has 0 aliphatic carbocycles. The Morgan fingerprint density at radius 1 is 1.41 bits per heavy atom. The minimum absolute atomic E-state index is 0.502. The summed E-state index contributed by atoms with van der Waals surface area (Å²) < 4.78 is 0. The quantitative estimate of drug-likeness (QED) is 0.792. The molecule has 0 saturated heterocycles. The van der Waals surface area contributed by atoms with Gasteiger partial charge in [0, 0.05) is 29.7 Å². The molecule has 1 aromatic carbocycles. The SMILES string of the molecule is O=CC1=NCCCN1Cc1ccc(Cl)cc1Cl. The molecule has 0 N–H and O–H groups in total. The molecule has 0 fully saturated rings. The summed E-state index contributed by atoms with van der Waals surface area (Å²) in [7, 11) is 0. The maximum atomic E-state index is 10.9. The second-order valence-electron chi connectivity index (χ2n) is 3.87. The van der Waals surface area contributed by atoms with Gasteiger partial charge in [0.2, 0.25) is 0 Å². The fourth-order valence-electron chi connectivity index (χ4n) is 1.80. The molecule has 0 atom stereocenters. The van der Waals surface area contributed by atoms with Crippen molar-refractivity contribution in [2.75, 3.05) is 13.1 Å². The van der Waals surface area contributed by atoms with Crippen molar-refractivity contribution >= 4 is 35.3 Å². The normalized spacial score (nSPS) is 15.6. The van der Waals surface area contributed by atoms with Crippen molar-refractivity contribution in [1.29, 1.82) is 0 Å². The number of nitrogens with zero attached hydrogens (tertiary/aromatic N) is 2. The average Bonchev–Trinajstić information content (AvgIpc) is 2.33. The molecule has 0 unspecified atom stereocenters. The van der Waals surface area contributed by atoms with E-state index in [1.807, 2.05) is 11.0 Å². The van der Waals surface area contributed by atoms with E-state index < -0.39 is 0 Å². The first kappa shape index (κ1) is 12.4. The van der Waals surface area contributed by atoms with Crippen LogP contribution in [0.15, 0.2) is 23.2 Å². The smallest absolute Gasteiger partial charge is 0.184 e. The topological polar surface area (TPSA) is 32.7 Å². The molecule has 0 aromatic heterocycles. The summed E-state index contributed by atoms with van der Waals surface area (Å²) in [5.41, 5.74) is 0.951. The summed E-state index contributed by atoms with van der Waals surface area (Å²) in [5, 5.41) is 1.23. The molecule has 0 saturated carbocycles. The lowest BCUT2D eigenvalue weighted by atomic mass is 10.2. The van der Waals surface area contributed by atoms with Crippen LogP contribution >= 0.6 is 23.2 Å². The fraction of sp³-hybridized carbons (Fsp3) is 0.333. The Morgan fingerprint density at radius 3 is 2.94 bits per heavy atom. The molecular formula is C12H12Cl2N2O. The van der Waals surface area contributed by atoms with Crippen molar-refractivity contribution in [3.8, 4) is 0 Å². The number of hydrogen-bond acceptors (Lipinski definition) is 3. The predicted molar refractivity (Wildman–Crippen MR) is 69.9 cm³/mol. The highest BCUT2D eigenvalue weighted by Gasteiger charge is 2.15. The molecule has 1 heterocycles. The highest BCUT2D eigenvalue weighted by atomic mass is 35.5. The van der Waals surface area contributed by atoms with Gasteiger partial charge in [-0.3, -0.25) is 9.79 Å². The first-order valence-corrected chi connectivity index (χ1v) is 6.15. The van der Waals surface area contributed by atoms with Gasteiger partial charge in [0.1, 0.15) is 0 Å². The van der Waals surface area contributed by atoms with Crippen LogP contribution in [0, 0.1) is 0 Å². The minimum atomic E-state index is 0.502. The average molecular weight is 271 g/mol.